The van der Waals surface area contributed by atoms with Crippen molar-refractivity contribution in [2.24, 2.45) is 0 Å². The van der Waals surface area contributed by atoms with Crippen molar-refractivity contribution in [3.8, 4) is 0 Å². The second kappa shape index (κ2) is 9.30. The molecule has 1 amide bonds. The SMILES string of the molecule is CCCn1ccc2cc(NC(=O)c3ccccc3CSc3nc4nc(C)cc(C)n4n3)ccc21. The third-order valence-electron chi connectivity index (χ3n) is 5.71. The molecule has 0 aliphatic heterocycles. The minimum Gasteiger partial charge on any atom is -0.347 e. The molecular weight excluding hydrogens is 444 g/mol. The van der Waals surface area contributed by atoms with Gasteiger partial charge in [0.2, 0.25) is 5.16 Å². The van der Waals surface area contributed by atoms with Crippen LogP contribution in [0.4, 0.5) is 5.69 Å². The summed E-state index contributed by atoms with van der Waals surface area (Å²) >= 11 is 1.50. The molecule has 8 heteroatoms. The zero-order chi connectivity index (χ0) is 23.7. The summed E-state index contributed by atoms with van der Waals surface area (Å²) in [7, 11) is 0. The predicted molar refractivity (Wildman–Crippen MR) is 136 cm³/mol. The first-order valence-corrected chi connectivity index (χ1v) is 12.3. The van der Waals surface area contributed by atoms with E-state index in [1.807, 2.05) is 56.3 Å². The molecule has 0 aliphatic carbocycles. The van der Waals surface area contributed by atoms with Crippen LogP contribution in [0, 0.1) is 13.8 Å². The maximum absolute atomic E-state index is 13.1. The highest BCUT2D eigenvalue weighted by molar-refractivity contribution is 7.98. The first kappa shape index (κ1) is 22.2. The topological polar surface area (TPSA) is 77.1 Å². The van der Waals surface area contributed by atoms with Crippen LogP contribution in [0.25, 0.3) is 16.7 Å². The Kier molecular flexibility index (Phi) is 6.06. The Bertz CT molecular complexity index is 1500. The van der Waals surface area contributed by atoms with Crippen molar-refractivity contribution in [2.75, 3.05) is 5.32 Å². The van der Waals surface area contributed by atoms with Gasteiger partial charge in [-0.3, -0.25) is 4.79 Å². The number of nitrogens with zero attached hydrogens (tertiary/aromatic N) is 5. The molecule has 0 atom stereocenters. The lowest BCUT2D eigenvalue weighted by Gasteiger charge is -2.10. The lowest BCUT2D eigenvalue weighted by molar-refractivity contribution is 0.102. The van der Waals surface area contributed by atoms with Crippen molar-refractivity contribution in [2.45, 2.75) is 44.6 Å². The summed E-state index contributed by atoms with van der Waals surface area (Å²) in [6, 6.07) is 17.8. The molecule has 0 bridgehead atoms. The predicted octanol–water partition coefficient (Wildman–Crippen LogP) is 5.65. The summed E-state index contributed by atoms with van der Waals surface area (Å²) in [5, 5.41) is 9.38. The van der Waals surface area contributed by atoms with Gasteiger partial charge in [0.05, 0.1) is 0 Å². The van der Waals surface area contributed by atoms with Crippen molar-refractivity contribution in [1.82, 2.24) is 24.1 Å². The summed E-state index contributed by atoms with van der Waals surface area (Å²) in [5.41, 5.74) is 5.44. The fraction of sp³-hybridized carbons (Fsp3) is 0.231. The fourth-order valence-corrected chi connectivity index (χ4v) is 4.95. The molecule has 0 fully saturated rings. The Labute approximate surface area is 202 Å². The van der Waals surface area contributed by atoms with Crippen LogP contribution in [-0.4, -0.2) is 30.1 Å². The molecule has 3 aromatic heterocycles. The molecular formula is C26H26N6OS. The number of anilines is 1. The lowest BCUT2D eigenvalue weighted by Crippen LogP contribution is -2.14. The fourth-order valence-electron chi connectivity index (χ4n) is 4.13. The van der Waals surface area contributed by atoms with Crippen molar-refractivity contribution in [3.05, 3.63) is 83.3 Å². The number of carbonyl (C=O) groups is 1. The normalized spacial score (nSPS) is 11.4. The molecule has 0 saturated heterocycles. The summed E-state index contributed by atoms with van der Waals surface area (Å²) in [4.78, 5) is 22.1. The van der Waals surface area contributed by atoms with Gasteiger partial charge in [0.1, 0.15) is 0 Å². The molecule has 2 aromatic carbocycles. The van der Waals surface area contributed by atoms with E-state index < -0.39 is 0 Å². The molecule has 0 aliphatic rings. The third-order valence-corrected chi connectivity index (χ3v) is 6.60. The van der Waals surface area contributed by atoms with Crippen molar-refractivity contribution in [1.29, 1.82) is 0 Å². The van der Waals surface area contributed by atoms with Crippen LogP contribution in [0.5, 0.6) is 0 Å². The number of hydrogen-bond donors (Lipinski definition) is 1. The van der Waals surface area contributed by atoms with E-state index in [0.717, 1.165) is 41.0 Å². The smallest absolute Gasteiger partial charge is 0.255 e. The molecule has 0 saturated carbocycles. The van der Waals surface area contributed by atoms with Gasteiger partial charge in [-0.1, -0.05) is 36.9 Å². The van der Waals surface area contributed by atoms with Crippen LogP contribution in [0.3, 0.4) is 0 Å². The van der Waals surface area contributed by atoms with Gasteiger partial charge in [-0.2, -0.15) is 4.98 Å². The maximum Gasteiger partial charge on any atom is 0.255 e. The van der Waals surface area contributed by atoms with E-state index in [9.17, 15) is 4.79 Å². The Morgan fingerprint density at radius 1 is 1.06 bits per heavy atom. The number of thioether (sulfide) groups is 1. The van der Waals surface area contributed by atoms with Gasteiger partial charge in [-0.25, -0.2) is 9.50 Å². The zero-order valence-electron chi connectivity index (χ0n) is 19.4. The van der Waals surface area contributed by atoms with E-state index in [-0.39, 0.29) is 5.91 Å². The first-order chi connectivity index (χ1) is 16.5. The van der Waals surface area contributed by atoms with E-state index in [0.29, 0.717) is 22.3 Å². The minimum atomic E-state index is -0.125. The second-order valence-electron chi connectivity index (χ2n) is 8.33. The van der Waals surface area contributed by atoms with Gasteiger partial charge in [-0.15, -0.1) is 5.10 Å². The molecule has 5 aromatic rings. The van der Waals surface area contributed by atoms with Crippen molar-refractivity contribution in [3.63, 3.8) is 0 Å². The summed E-state index contributed by atoms with van der Waals surface area (Å²) < 4.78 is 3.98. The van der Waals surface area contributed by atoms with Gasteiger partial charge in [0.25, 0.3) is 11.7 Å². The number of aryl methyl sites for hydroxylation is 3. The Morgan fingerprint density at radius 3 is 2.76 bits per heavy atom. The quantitative estimate of drug-likeness (QED) is 0.311. The first-order valence-electron chi connectivity index (χ1n) is 11.3. The highest BCUT2D eigenvalue weighted by atomic mass is 32.2. The number of aromatic nitrogens is 5. The number of carbonyl (C=O) groups excluding carboxylic acids is 1. The van der Waals surface area contributed by atoms with E-state index in [4.69, 9.17) is 0 Å². The maximum atomic E-state index is 13.1. The Balaban J connectivity index is 1.33. The van der Waals surface area contributed by atoms with Gasteiger partial charge in [-0.05, 0) is 62.2 Å². The third kappa shape index (κ3) is 4.41. The summed E-state index contributed by atoms with van der Waals surface area (Å²) in [6.45, 7) is 7.08. The standard InChI is InChI=1S/C26H26N6OS/c1-4-12-31-13-11-19-15-21(9-10-23(19)31)28-24(33)22-8-6-5-7-20(22)16-34-26-29-25-27-17(2)14-18(3)32(25)30-26/h5-11,13-15H,4,12,16H2,1-3H3,(H,28,33). The molecule has 7 nitrogen and oxygen atoms in total. The van der Waals surface area contributed by atoms with Crippen LogP contribution in [-0.2, 0) is 12.3 Å². The largest absolute Gasteiger partial charge is 0.347 e. The average Bonchev–Trinajstić information content (AvgIpc) is 3.42. The van der Waals surface area contributed by atoms with Gasteiger partial charge in [0, 0.05) is 52.0 Å². The lowest BCUT2D eigenvalue weighted by atomic mass is 10.1. The van der Waals surface area contributed by atoms with Gasteiger partial charge in [0.15, 0.2) is 0 Å². The minimum absolute atomic E-state index is 0.125. The molecule has 3 heterocycles. The molecule has 34 heavy (non-hydrogen) atoms. The number of hydrogen-bond acceptors (Lipinski definition) is 5. The highest BCUT2D eigenvalue weighted by Crippen LogP contribution is 2.25. The monoisotopic (exact) mass is 470 g/mol. The van der Waals surface area contributed by atoms with Crippen molar-refractivity contribution < 1.29 is 4.79 Å². The molecule has 5 rings (SSSR count). The van der Waals surface area contributed by atoms with Crippen molar-refractivity contribution >= 4 is 40.0 Å². The van der Waals surface area contributed by atoms with Crippen LogP contribution in [0.15, 0.2) is 66.0 Å². The summed E-state index contributed by atoms with van der Waals surface area (Å²) in [5.74, 6) is 1.05. The molecule has 0 radical (unpaired) electrons. The molecule has 0 spiro atoms. The summed E-state index contributed by atoms with van der Waals surface area (Å²) in [6.07, 6.45) is 3.18. The number of amides is 1. The number of nitrogens with one attached hydrogen (secondary N) is 1. The van der Waals surface area contributed by atoms with Gasteiger partial charge >= 0.3 is 0 Å². The number of rotatable bonds is 7. The van der Waals surface area contributed by atoms with E-state index in [1.165, 1.54) is 17.3 Å². The van der Waals surface area contributed by atoms with Crippen LogP contribution in [0.1, 0.15) is 40.7 Å². The van der Waals surface area contributed by atoms with Crippen LogP contribution < -0.4 is 5.32 Å². The Morgan fingerprint density at radius 2 is 1.91 bits per heavy atom. The van der Waals surface area contributed by atoms with Crippen LogP contribution in [0.2, 0.25) is 0 Å². The Hall–Kier alpha value is -3.65. The van der Waals surface area contributed by atoms with E-state index in [2.05, 4.69) is 50.2 Å². The zero-order valence-corrected chi connectivity index (χ0v) is 20.3. The molecule has 172 valence electrons. The van der Waals surface area contributed by atoms with Gasteiger partial charge < -0.3 is 9.88 Å². The van der Waals surface area contributed by atoms with Crippen LogP contribution >= 0.6 is 11.8 Å². The average molecular weight is 471 g/mol. The molecule has 0 unspecified atom stereocenters. The second-order valence-corrected chi connectivity index (χ2v) is 9.27. The highest BCUT2D eigenvalue weighted by Gasteiger charge is 2.14. The van der Waals surface area contributed by atoms with E-state index >= 15 is 0 Å². The molecule has 1 N–H and O–H groups in total. The number of benzene rings is 2. The number of fused-ring (bicyclic) bond motifs is 2. The van der Waals surface area contributed by atoms with E-state index in [1.54, 1.807) is 4.52 Å².